The molecule has 1 saturated heterocycles. The quantitative estimate of drug-likeness (QED) is 0.910. The Hall–Kier alpha value is -1.54. The highest BCUT2D eigenvalue weighted by molar-refractivity contribution is 9.10. The van der Waals surface area contributed by atoms with E-state index in [4.69, 9.17) is 5.26 Å². The van der Waals surface area contributed by atoms with Gasteiger partial charge in [-0.2, -0.15) is 5.26 Å². The second-order valence-electron chi connectivity index (χ2n) is 4.36. The minimum absolute atomic E-state index is 0.0744. The standard InChI is InChI=1S/C13H14BrN3O/c1-9-8-16-13(18)12(5-6-15)17(9)11-4-2-3-10(14)7-11/h2-4,7,9,12H,5,8H2,1H3,(H,16,18). The smallest absolute Gasteiger partial charge is 0.243 e. The first kappa shape index (κ1) is 12.9. The Kier molecular flexibility index (Phi) is 3.87. The van der Waals surface area contributed by atoms with Gasteiger partial charge in [-0.1, -0.05) is 22.0 Å². The Balaban J connectivity index is 2.36. The third kappa shape index (κ3) is 2.49. The van der Waals surface area contributed by atoms with Crippen LogP contribution in [0.1, 0.15) is 13.3 Å². The molecule has 4 nitrogen and oxygen atoms in total. The van der Waals surface area contributed by atoms with Gasteiger partial charge in [-0.05, 0) is 25.1 Å². The molecule has 0 radical (unpaired) electrons. The summed E-state index contributed by atoms with van der Waals surface area (Å²) in [6, 6.07) is 9.66. The van der Waals surface area contributed by atoms with Crippen molar-refractivity contribution in [1.82, 2.24) is 5.32 Å². The fourth-order valence-electron chi connectivity index (χ4n) is 2.25. The number of rotatable bonds is 2. The molecule has 1 heterocycles. The lowest BCUT2D eigenvalue weighted by Crippen LogP contribution is -2.59. The van der Waals surface area contributed by atoms with Crippen LogP contribution >= 0.6 is 15.9 Å². The molecule has 1 fully saturated rings. The zero-order valence-corrected chi connectivity index (χ0v) is 11.6. The number of carbonyl (C=O) groups excluding carboxylic acids is 1. The molecule has 1 amide bonds. The van der Waals surface area contributed by atoms with E-state index < -0.39 is 6.04 Å². The van der Waals surface area contributed by atoms with Gasteiger partial charge < -0.3 is 10.2 Å². The molecular weight excluding hydrogens is 294 g/mol. The van der Waals surface area contributed by atoms with E-state index in [0.717, 1.165) is 10.2 Å². The van der Waals surface area contributed by atoms with Gasteiger partial charge >= 0.3 is 0 Å². The zero-order valence-electron chi connectivity index (χ0n) is 10.1. The Morgan fingerprint density at radius 1 is 1.61 bits per heavy atom. The third-order valence-corrected chi connectivity index (χ3v) is 3.57. The molecule has 0 saturated carbocycles. The first-order valence-electron chi connectivity index (χ1n) is 5.82. The summed E-state index contributed by atoms with van der Waals surface area (Å²) < 4.78 is 0.967. The van der Waals surface area contributed by atoms with Crippen molar-refractivity contribution in [1.29, 1.82) is 5.26 Å². The van der Waals surface area contributed by atoms with Crippen LogP contribution in [0.2, 0.25) is 0 Å². The number of anilines is 1. The van der Waals surface area contributed by atoms with Gasteiger partial charge in [-0.25, -0.2) is 0 Å². The van der Waals surface area contributed by atoms with E-state index in [9.17, 15) is 4.79 Å². The maximum atomic E-state index is 11.9. The predicted octanol–water partition coefficient (Wildman–Crippen LogP) is 2.06. The van der Waals surface area contributed by atoms with Gasteiger partial charge in [-0.15, -0.1) is 0 Å². The first-order valence-corrected chi connectivity index (χ1v) is 6.61. The van der Waals surface area contributed by atoms with Crippen molar-refractivity contribution in [2.45, 2.75) is 25.4 Å². The lowest BCUT2D eigenvalue weighted by molar-refractivity contribution is -0.123. The van der Waals surface area contributed by atoms with E-state index in [0.29, 0.717) is 6.54 Å². The molecule has 94 valence electrons. The highest BCUT2D eigenvalue weighted by Crippen LogP contribution is 2.26. The lowest BCUT2D eigenvalue weighted by Gasteiger charge is -2.41. The fraction of sp³-hybridized carbons (Fsp3) is 0.385. The van der Waals surface area contributed by atoms with E-state index in [1.165, 1.54) is 0 Å². The molecule has 0 aliphatic carbocycles. The van der Waals surface area contributed by atoms with Crippen molar-refractivity contribution in [3.63, 3.8) is 0 Å². The van der Waals surface area contributed by atoms with Crippen molar-refractivity contribution < 1.29 is 4.79 Å². The summed E-state index contributed by atoms with van der Waals surface area (Å²) in [5.41, 5.74) is 0.965. The number of benzene rings is 1. The fourth-order valence-corrected chi connectivity index (χ4v) is 2.63. The van der Waals surface area contributed by atoms with E-state index in [-0.39, 0.29) is 18.4 Å². The van der Waals surface area contributed by atoms with Crippen molar-refractivity contribution in [2.24, 2.45) is 0 Å². The number of nitrogens with one attached hydrogen (secondary N) is 1. The molecule has 1 aliphatic rings. The van der Waals surface area contributed by atoms with Crippen LogP contribution in [0.5, 0.6) is 0 Å². The molecular formula is C13H14BrN3O. The molecule has 5 heteroatoms. The van der Waals surface area contributed by atoms with Crippen LogP contribution < -0.4 is 10.2 Å². The number of carbonyl (C=O) groups is 1. The molecule has 1 aliphatic heterocycles. The lowest BCUT2D eigenvalue weighted by atomic mass is 10.0. The normalized spacial score (nSPS) is 23.4. The summed E-state index contributed by atoms with van der Waals surface area (Å²) in [7, 11) is 0. The summed E-state index contributed by atoms with van der Waals surface area (Å²) in [4.78, 5) is 13.9. The van der Waals surface area contributed by atoms with Gasteiger partial charge in [0.2, 0.25) is 5.91 Å². The second-order valence-corrected chi connectivity index (χ2v) is 5.28. The number of amides is 1. The molecule has 1 aromatic carbocycles. The van der Waals surface area contributed by atoms with Gasteiger partial charge in [0.1, 0.15) is 6.04 Å². The highest BCUT2D eigenvalue weighted by Gasteiger charge is 2.34. The number of hydrogen-bond acceptors (Lipinski definition) is 3. The minimum atomic E-state index is -0.409. The molecule has 1 aromatic rings. The average Bonchev–Trinajstić information content (AvgIpc) is 2.34. The number of hydrogen-bond donors (Lipinski definition) is 1. The van der Waals surface area contributed by atoms with Gasteiger partial charge in [-0.3, -0.25) is 4.79 Å². The van der Waals surface area contributed by atoms with Gasteiger partial charge in [0.25, 0.3) is 0 Å². The molecule has 2 unspecified atom stereocenters. The van der Waals surface area contributed by atoms with Crippen LogP contribution in [0.3, 0.4) is 0 Å². The summed E-state index contributed by atoms with van der Waals surface area (Å²) in [5.74, 6) is -0.0744. The monoisotopic (exact) mass is 307 g/mol. The summed E-state index contributed by atoms with van der Waals surface area (Å²) >= 11 is 3.43. The van der Waals surface area contributed by atoms with Crippen LogP contribution in [0, 0.1) is 11.3 Å². The van der Waals surface area contributed by atoms with Crippen LogP contribution in [0.25, 0.3) is 0 Å². The Morgan fingerprint density at radius 3 is 3.06 bits per heavy atom. The van der Waals surface area contributed by atoms with E-state index in [1.807, 2.05) is 36.1 Å². The predicted molar refractivity (Wildman–Crippen MR) is 73.1 cm³/mol. The Labute approximate surface area is 115 Å². The number of nitriles is 1. The number of halogens is 1. The van der Waals surface area contributed by atoms with Gasteiger partial charge in [0.05, 0.1) is 12.5 Å². The largest absolute Gasteiger partial charge is 0.354 e. The molecule has 0 bridgehead atoms. The SMILES string of the molecule is CC1CNC(=O)C(CC#N)N1c1cccc(Br)c1. The first-order chi connectivity index (χ1) is 8.63. The number of piperazine rings is 1. The molecule has 2 atom stereocenters. The number of nitrogens with zero attached hydrogens (tertiary/aromatic N) is 2. The molecule has 1 N–H and O–H groups in total. The van der Waals surface area contributed by atoms with Crippen LogP contribution in [-0.2, 0) is 4.79 Å². The molecule has 0 aromatic heterocycles. The summed E-state index contributed by atoms with van der Waals surface area (Å²) in [6.07, 6.45) is 0.197. The zero-order chi connectivity index (χ0) is 13.1. The summed E-state index contributed by atoms with van der Waals surface area (Å²) in [5, 5.41) is 11.7. The molecule has 2 rings (SSSR count). The summed E-state index contributed by atoms with van der Waals surface area (Å²) in [6.45, 7) is 2.65. The van der Waals surface area contributed by atoms with Gasteiger partial charge in [0.15, 0.2) is 0 Å². The van der Waals surface area contributed by atoms with E-state index >= 15 is 0 Å². The van der Waals surface area contributed by atoms with Crippen molar-refractivity contribution in [3.05, 3.63) is 28.7 Å². The Bertz CT molecular complexity index is 497. The average molecular weight is 308 g/mol. The van der Waals surface area contributed by atoms with Gasteiger partial charge in [0, 0.05) is 22.7 Å². The topological polar surface area (TPSA) is 56.1 Å². The minimum Gasteiger partial charge on any atom is -0.354 e. The van der Waals surface area contributed by atoms with Crippen LogP contribution in [0.4, 0.5) is 5.69 Å². The Morgan fingerprint density at radius 2 is 2.39 bits per heavy atom. The third-order valence-electron chi connectivity index (χ3n) is 3.08. The van der Waals surface area contributed by atoms with Crippen molar-refractivity contribution >= 4 is 27.5 Å². The maximum absolute atomic E-state index is 11.9. The van der Waals surface area contributed by atoms with E-state index in [1.54, 1.807) is 0 Å². The maximum Gasteiger partial charge on any atom is 0.243 e. The van der Waals surface area contributed by atoms with Crippen molar-refractivity contribution in [3.8, 4) is 6.07 Å². The van der Waals surface area contributed by atoms with Crippen molar-refractivity contribution in [2.75, 3.05) is 11.4 Å². The van der Waals surface area contributed by atoms with Crippen LogP contribution in [0.15, 0.2) is 28.7 Å². The second kappa shape index (κ2) is 5.40. The molecule has 0 spiro atoms. The molecule has 18 heavy (non-hydrogen) atoms. The van der Waals surface area contributed by atoms with E-state index in [2.05, 4.69) is 27.3 Å². The van der Waals surface area contributed by atoms with Crippen LogP contribution in [-0.4, -0.2) is 24.5 Å². The highest BCUT2D eigenvalue weighted by atomic mass is 79.9.